The summed E-state index contributed by atoms with van der Waals surface area (Å²) in [6.07, 6.45) is 0. The minimum Gasteiger partial charge on any atom is -0.507 e. The number of rotatable bonds is 8. The Kier molecular flexibility index (Phi) is 6.62. The van der Waals surface area contributed by atoms with Gasteiger partial charge in [-0.2, -0.15) is 0 Å². The predicted molar refractivity (Wildman–Crippen MR) is 125 cm³/mol. The maximum Gasteiger partial charge on any atom is 0.342 e. The van der Waals surface area contributed by atoms with Gasteiger partial charge < -0.3 is 14.6 Å². The van der Waals surface area contributed by atoms with E-state index >= 15 is 0 Å². The summed E-state index contributed by atoms with van der Waals surface area (Å²) in [6.45, 7) is -0.0601. The van der Waals surface area contributed by atoms with Gasteiger partial charge in [0.05, 0.1) is 0 Å². The second kappa shape index (κ2) is 9.76. The lowest BCUT2D eigenvalue weighted by Gasteiger charge is -2.11. The Balaban J connectivity index is 1.43. The van der Waals surface area contributed by atoms with Gasteiger partial charge >= 0.3 is 5.97 Å². The molecule has 0 bridgehead atoms. The first-order valence-corrected chi connectivity index (χ1v) is 12.2. The molecule has 4 rings (SSSR count). The Morgan fingerprint density at radius 3 is 2.45 bits per heavy atom. The second-order valence-electron chi connectivity index (χ2n) is 6.91. The van der Waals surface area contributed by atoms with E-state index in [0.29, 0.717) is 17.1 Å². The Morgan fingerprint density at radius 1 is 0.909 bits per heavy atom. The number of nitrogens with one attached hydrogen (secondary N) is 1. The summed E-state index contributed by atoms with van der Waals surface area (Å²) in [5, 5.41) is 11.7. The van der Waals surface area contributed by atoms with Gasteiger partial charge in [-0.05, 0) is 59.5 Å². The molecule has 33 heavy (non-hydrogen) atoms. The van der Waals surface area contributed by atoms with Crippen molar-refractivity contribution in [2.75, 3.05) is 4.72 Å². The smallest absolute Gasteiger partial charge is 0.342 e. The van der Waals surface area contributed by atoms with Gasteiger partial charge in [0.25, 0.3) is 10.0 Å². The quantitative estimate of drug-likeness (QED) is 0.258. The number of carbonyl (C=O) groups excluding carboxylic acids is 1. The topological polar surface area (TPSA) is 102 Å². The largest absolute Gasteiger partial charge is 0.507 e. The molecule has 0 unspecified atom stereocenters. The standard InChI is InChI=1S/C24H19NO6S2/c26-22-12-11-18(25-33(28,29)23-10-5-13-32-23)15-21(22)24(27)30-16-17-6-4-9-20(14-17)31-19-7-2-1-3-8-19/h1-15,25-26H,16H2. The van der Waals surface area contributed by atoms with E-state index in [1.807, 2.05) is 30.3 Å². The van der Waals surface area contributed by atoms with Gasteiger partial charge in [-0.15, -0.1) is 11.3 Å². The van der Waals surface area contributed by atoms with E-state index in [1.54, 1.807) is 35.7 Å². The normalized spacial score (nSPS) is 11.0. The Hall–Kier alpha value is -3.82. The SMILES string of the molecule is O=C(OCc1cccc(Oc2ccccc2)c1)c1cc(NS(=O)(=O)c2cccs2)ccc1O. The minimum absolute atomic E-state index is 0.0601. The summed E-state index contributed by atoms with van der Waals surface area (Å²) >= 11 is 1.07. The number of esters is 1. The van der Waals surface area contributed by atoms with Crippen LogP contribution in [0.3, 0.4) is 0 Å². The van der Waals surface area contributed by atoms with E-state index in [1.165, 1.54) is 24.3 Å². The van der Waals surface area contributed by atoms with Crippen molar-refractivity contribution in [3.05, 3.63) is 101 Å². The molecule has 1 heterocycles. The third-order valence-corrected chi connectivity index (χ3v) is 7.25. The van der Waals surface area contributed by atoms with E-state index in [0.717, 1.165) is 11.3 Å². The van der Waals surface area contributed by atoms with Crippen LogP contribution in [0, 0.1) is 0 Å². The minimum atomic E-state index is -3.79. The van der Waals surface area contributed by atoms with Gasteiger partial charge in [0.15, 0.2) is 0 Å². The lowest BCUT2D eigenvalue weighted by molar-refractivity contribution is 0.0469. The monoisotopic (exact) mass is 481 g/mol. The van der Waals surface area contributed by atoms with E-state index in [9.17, 15) is 18.3 Å². The fraction of sp³-hybridized carbons (Fsp3) is 0.0417. The first-order chi connectivity index (χ1) is 15.9. The van der Waals surface area contributed by atoms with Crippen LogP contribution in [0.25, 0.3) is 0 Å². The lowest BCUT2D eigenvalue weighted by Crippen LogP contribution is -2.12. The van der Waals surface area contributed by atoms with Crippen LogP contribution in [-0.2, 0) is 21.4 Å². The number of para-hydroxylation sites is 1. The highest BCUT2D eigenvalue weighted by atomic mass is 32.2. The number of benzene rings is 3. The van der Waals surface area contributed by atoms with Crippen molar-refractivity contribution in [1.82, 2.24) is 0 Å². The highest BCUT2D eigenvalue weighted by Crippen LogP contribution is 2.27. The van der Waals surface area contributed by atoms with Crippen molar-refractivity contribution >= 4 is 33.0 Å². The van der Waals surface area contributed by atoms with E-state index in [4.69, 9.17) is 9.47 Å². The molecule has 0 atom stereocenters. The first kappa shape index (κ1) is 22.4. The van der Waals surface area contributed by atoms with Crippen molar-refractivity contribution in [3.63, 3.8) is 0 Å². The zero-order chi connectivity index (χ0) is 23.3. The molecule has 7 nitrogen and oxygen atoms in total. The van der Waals surface area contributed by atoms with E-state index in [-0.39, 0.29) is 27.8 Å². The van der Waals surface area contributed by atoms with Gasteiger partial charge in [0.1, 0.15) is 33.6 Å². The third-order valence-electron chi connectivity index (χ3n) is 4.48. The van der Waals surface area contributed by atoms with Gasteiger partial charge in [-0.1, -0.05) is 36.4 Å². The summed E-state index contributed by atoms with van der Waals surface area (Å²) in [5.74, 6) is 0.153. The summed E-state index contributed by atoms with van der Waals surface area (Å²) < 4.78 is 38.5. The Labute approximate surface area is 194 Å². The van der Waals surface area contributed by atoms with Gasteiger partial charge in [0, 0.05) is 5.69 Å². The molecule has 1 aromatic heterocycles. The number of thiophene rings is 1. The van der Waals surface area contributed by atoms with Gasteiger partial charge in [-0.25, -0.2) is 13.2 Å². The summed E-state index contributed by atoms with van der Waals surface area (Å²) in [7, 11) is -3.79. The average molecular weight is 482 g/mol. The summed E-state index contributed by atoms with van der Waals surface area (Å²) in [6, 6.07) is 23.3. The van der Waals surface area contributed by atoms with Crippen LogP contribution in [0.1, 0.15) is 15.9 Å². The van der Waals surface area contributed by atoms with Crippen molar-refractivity contribution in [1.29, 1.82) is 0 Å². The van der Waals surface area contributed by atoms with Crippen LogP contribution in [0.2, 0.25) is 0 Å². The van der Waals surface area contributed by atoms with Crippen molar-refractivity contribution in [3.8, 4) is 17.2 Å². The molecule has 0 saturated carbocycles. The van der Waals surface area contributed by atoms with E-state index in [2.05, 4.69) is 4.72 Å². The van der Waals surface area contributed by atoms with Crippen LogP contribution in [0.5, 0.6) is 17.2 Å². The summed E-state index contributed by atoms with van der Waals surface area (Å²) in [5.41, 5.74) is 0.662. The predicted octanol–water partition coefficient (Wildman–Crippen LogP) is 5.40. The molecule has 3 aromatic carbocycles. The zero-order valence-electron chi connectivity index (χ0n) is 17.2. The molecule has 2 N–H and O–H groups in total. The fourth-order valence-corrected chi connectivity index (χ4v) is 4.98. The highest BCUT2D eigenvalue weighted by Gasteiger charge is 2.19. The molecule has 0 aliphatic rings. The summed E-state index contributed by atoms with van der Waals surface area (Å²) in [4.78, 5) is 12.6. The molecule has 0 radical (unpaired) electrons. The fourth-order valence-electron chi connectivity index (χ4n) is 2.93. The second-order valence-corrected chi connectivity index (χ2v) is 9.77. The molecule has 0 spiro atoms. The first-order valence-electron chi connectivity index (χ1n) is 9.79. The number of sulfonamides is 1. The molecule has 4 aromatic rings. The Morgan fingerprint density at radius 2 is 1.70 bits per heavy atom. The van der Waals surface area contributed by atoms with Crippen molar-refractivity contribution < 1.29 is 27.8 Å². The molecule has 0 amide bonds. The van der Waals surface area contributed by atoms with Gasteiger partial charge in [-0.3, -0.25) is 4.72 Å². The van der Waals surface area contributed by atoms with Crippen LogP contribution in [0.4, 0.5) is 5.69 Å². The van der Waals surface area contributed by atoms with Crippen molar-refractivity contribution in [2.45, 2.75) is 10.8 Å². The Bertz CT molecular complexity index is 1350. The van der Waals surface area contributed by atoms with Crippen LogP contribution >= 0.6 is 11.3 Å². The van der Waals surface area contributed by atoms with Crippen LogP contribution in [-0.4, -0.2) is 19.5 Å². The molecule has 0 aliphatic heterocycles. The molecule has 9 heteroatoms. The number of carbonyl (C=O) groups is 1. The number of hydrogen-bond acceptors (Lipinski definition) is 7. The van der Waals surface area contributed by atoms with Crippen LogP contribution < -0.4 is 9.46 Å². The lowest BCUT2D eigenvalue weighted by atomic mass is 10.2. The molecular weight excluding hydrogens is 462 g/mol. The highest BCUT2D eigenvalue weighted by molar-refractivity contribution is 7.94. The molecule has 168 valence electrons. The van der Waals surface area contributed by atoms with E-state index < -0.39 is 16.0 Å². The number of anilines is 1. The number of aromatic hydroxyl groups is 1. The number of hydrogen-bond donors (Lipinski definition) is 2. The third kappa shape index (κ3) is 5.71. The number of phenolic OH excluding ortho intramolecular Hbond substituents is 1. The molecule has 0 fully saturated rings. The average Bonchev–Trinajstić information content (AvgIpc) is 3.36. The molecule has 0 saturated heterocycles. The van der Waals surface area contributed by atoms with Gasteiger partial charge in [0.2, 0.25) is 0 Å². The number of ether oxygens (including phenoxy) is 2. The van der Waals surface area contributed by atoms with Crippen LogP contribution in [0.15, 0.2) is 94.5 Å². The molecule has 0 aliphatic carbocycles. The molecular formula is C24H19NO6S2. The van der Waals surface area contributed by atoms with Crippen molar-refractivity contribution in [2.24, 2.45) is 0 Å². The number of phenols is 1. The maximum atomic E-state index is 12.6. The maximum absolute atomic E-state index is 12.6. The zero-order valence-corrected chi connectivity index (χ0v) is 18.8.